The van der Waals surface area contributed by atoms with E-state index in [1.165, 1.54) is 51.6 Å². The van der Waals surface area contributed by atoms with E-state index in [1.807, 2.05) is 0 Å². The van der Waals surface area contributed by atoms with Crippen molar-refractivity contribution in [2.75, 3.05) is 26.2 Å². The Hall–Kier alpha value is -0.610. The maximum Gasteiger partial charge on any atom is 0.237 e. The quantitative estimate of drug-likeness (QED) is 0.830. The average molecular weight is 293 g/mol. The highest BCUT2D eigenvalue weighted by molar-refractivity contribution is 5.82. The molecule has 3 atom stereocenters. The van der Waals surface area contributed by atoms with E-state index in [9.17, 15) is 4.79 Å². The van der Waals surface area contributed by atoms with Gasteiger partial charge in [-0.05, 0) is 57.0 Å². The summed E-state index contributed by atoms with van der Waals surface area (Å²) in [7, 11) is 0. The first-order chi connectivity index (χ1) is 10.2. The van der Waals surface area contributed by atoms with Crippen molar-refractivity contribution >= 4 is 5.91 Å². The van der Waals surface area contributed by atoms with E-state index in [4.69, 9.17) is 0 Å². The van der Waals surface area contributed by atoms with E-state index < -0.39 is 0 Å². The first kappa shape index (κ1) is 15.3. The van der Waals surface area contributed by atoms with Gasteiger partial charge >= 0.3 is 0 Å². The van der Waals surface area contributed by atoms with Crippen molar-refractivity contribution in [3.63, 3.8) is 0 Å². The Morgan fingerprint density at radius 3 is 2.71 bits per heavy atom. The molecule has 0 bridgehead atoms. The summed E-state index contributed by atoms with van der Waals surface area (Å²) in [6, 6.07) is 0.678. The Kier molecular flexibility index (Phi) is 5.17. The van der Waals surface area contributed by atoms with Gasteiger partial charge in [0.25, 0.3) is 0 Å². The van der Waals surface area contributed by atoms with Crippen molar-refractivity contribution in [2.45, 2.75) is 64.0 Å². The monoisotopic (exact) mass is 293 g/mol. The van der Waals surface area contributed by atoms with Crippen LogP contribution in [0.25, 0.3) is 0 Å². The van der Waals surface area contributed by atoms with E-state index in [0.29, 0.717) is 6.04 Å². The molecule has 3 fully saturated rings. The molecule has 4 heteroatoms. The molecule has 3 unspecified atom stereocenters. The molecule has 1 aliphatic carbocycles. The summed E-state index contributed by atoms with van der Waals surface area (Å²) < 4.78 is 0. The lowest BCUT2D eigenvalue weighted by molar-refractivity contribution is -0.122. The highest BCUT2D eigenvalue weighted by Crippen LogP contribution is 2.33. The van der Waals surface area contributed by atoms with Gasteiger partial charge in [0.2, 0.25) is 5.91 Å². The van der Waals surface area contributed by atoms with E-state index in [1.54, 1.807) is 0 Å². The molecule has 0 aromatic heterocycles. The molecule has 120 valence electrons. The van der Waals surface area contributed by atoms with Crippen molar-refractivity contribution in [2.24, 2.45) is 11.8 Å². The zero-order chi connectivity index (χ0) is 14.7. The Balaban J connectivity index is 1.35. The number of hydrogen-bond donors (Lipinski definition) is 2. The predicted octanol–water partition coefficient (Wildman–Crippen LogP) is 1.76. The van der Waals surface area contributed by atoms with E-state index in [0.717, 1.165) is 31.3 Å². The Labute approximate surface area is 129 Å². The smallest absolute Gasteiger partial charge is 0.237 e. The highest BCUT2D eigenvalue weighted by atomic mass is 16.2. The number of piperidine rings is 1. The molecule has 3 aliphatic rings. The Morgan fingerprint density at radius 1 is 1.19 bits per heavy atom. The minimum absolute atomic E-state index is 0.0690. The van der Waals surface area contributed by atoms with E-state index in [-0.39, 0.29) is 11.9 Å². The SMILES string of the molecule is CC1CCN(CCNC(=O)C2CC3CCCCC3N2)CC1. The fourth-order valence-electron chi connectivity index (χ4n) is 4.27. The van der Waals surface area contributed by atoms with Crippen LogP contribution in [-0.2, 0) is 4.79 Å². The number of carbonyl (C=O) groups is 1. The van der Waals surface area contributed by atoms with Crippen LogP contribution < -0.4 is 10.6 Å². The lowest BCUT2D eigenvalue weighted by Crippen LogP contribution is -2.46. The van der Waals surface area contributed by atoms with Gasteiger partial charge in [-0.3, -0.25) is 4.79 Å². The van der Waals surface area contributed by atoms with Crippen molar-refractivity contribution in [3.8, 4) is 0 Å². The summed E-state index contributed by atoms with van der Waals surface area (Å²) in [5, 5.41) is 6.71. The zero-order valence-electron chi connectivity index (χ0n) is 13.4. The molecule has 3 rings (SSSR count). The molecule has 2 N–H and O–H groups in total. The lowest BCUT2D eigenvalue weighted by Gasteiger charge is -2.30. The van der Waals surface area contributed by atoms with Crippen LogP contribution >= 0.6 is 0 Å². The van der Waals surface area contributed by atoms with Gasteiger partial charge in [0.15, 0.2) is 0 Å². The molecule has 4 nitrogen and oxygen atoms in total. The second kappa shape index (κ2) is 7.10. The van der Waals surface area contributed by atoms with Crippen LogP contribution in [0, 0.1) is 11.8 Å². The van der Waals surface area contributed by atoms with Gasteiger partial charge in [-0.1, -0.05) is 19.8 Å². The zero-order valence-corrected chi connectivity index (χ0v) is 13.4. The van der Waals surface area contributed by atoms with Crippen LogP contribution in [0.5, 0.6) is 0 Å². The Bertz CT molecular complexity index is 338. The lowest BCUT2D eigenvalue weighted by atomic mass is 9.85. The molecule has 0 aromatic rings. The molecule has 1 amide bonds. The van der Waals surface area contributed by atoms with Crippen molar-refractivity contribution < 1.29 is 4.79 Å². The van der Waals surface area contributed by atoms with Gasteiger partial charge in [-0.25, -0.2) is 0 Å². The molecule has 0 aromatic carbocycles. The normalized spacial score (nSPS) is 34.6. The number of amides is 1. The molecule has 2 saturated heterocycles. The van der Waals surface area contributed by atoms with Crippen molar-refractivity contribution in [3.05, 3.63) is 0 Å². The topological polar surface area (TPSA) is 44.4 Å². The molecule has 0 spiro atoms. The molecule has 1 saturated carbocycles. The third-order valence-corrected chi connectivity index (χ3v) is 5.78. The van der Waals surface area contributed by atoms with Crippen LogP contribution in [-0.4, -0.2) is 49.1 Å². The maximum absolute atomic E-state index is 12.3. The number of hydrogen-bond acceptors (Lipinski definition) is 3. The molecule has 2 aliphatic heterocycles. The fourth-order valence-corrected chi connectivity index (χ4v) is 4.27. The second-order valence-electron chi connectivity index (χ2n) is 7.42. The van der Waals surface area contributed by atoms with Crippen molar-refractivity contribution in [1.29, 1.82) is 0 Å². The second-order valence-corrected chi connectivity index (χ2v) is 7.42. The van der Waals surface area contributed by atoms with Gasteiger partial charge in [-0.2, -0.15) is 0 Å². The molecule has 0 radical (unpaired) electrons. The summed E-state index contributed by atoms with van der Waals surface area (Å²) in [5.74, 6) is 1.86. The van der Waals surface area contributed by atoms with E-state index >= 15 is 0 Å². The summed E-state index contributed by atoms with van der Waals surface area (Å²) >= 11 is 0. The molecular weight excluding hydrogens is 262 g/mol. The largest absolute Gasteiger partial charge is 0.353 e. The summed E-state index contributed by atoms with van der Waals surface area (Å²) in [4.78, 5) is 14.8. The number of likely N-dealkylation sites (tertiary alicyclic amines) is 1. The van der Waals surface area contributed by atoms with Crippen LogP contribution in [0.15, 0.2) is 0 Å². The molecule has 2 heterocycles. The number of nitrogens with zero attached hydrogens (tertiary/aromatic N) is 1. The number of carbonyl (C=O) groups excluding carboxylic acids is 1. The average Bonchev–Trinajstić information content (AvgIpc) is 2.93. The van der Waals surface area contributed by atoms with Crippen LogP contribution in [0.1, 0.15) is 51.9 Å². The van der Waals surface area contributed by atoms with Crippen LogP contribution in [0.3, 0.4) is 0 Å². The van der Waals surface area contributed by atoms with Crippen LogP contribution in [0.4, 0.5) is 0 Å². The standard InChI is InChI=1S/C17H31N3O/c1-13-6-9-20(10-7-13)11-8-18-17(21)16-12-14-4-2-3-5-15(14)19-16/h13-16,19H,2-12H2,1H3,(H,18,21). The Morgan fingerprint density at radius 2 is 1.95 bits per heavy atom. The third-order valence-electron chi connectivity index (χ3n) is 5.78. The first-order valence-corrected chi connectivity index (χ1v) is 8.98. The maximum atomic E-state index is 12.3. The predicted molar refractivity (Wildman–Crippen MR) is 85.1 cm³/mol. The van der Waals surface area contributed by atoms with Crippen molar-refractivity contribution in [1.82, 2.24) is 15.5 Å². The van der Waals surface area contributed by atoms with Gasteiger partial charge in [0.05, 0.1) is 6.04 Å². The number of rotatable bonds is 4. The summed E-state index contributed by atoms with van der Waals surface area (Å²) in [6.45, 7) is 6.55. The van der Waals surface area contributed by atoms with Gasteiger partial charge in [0, 0.05) is 19.1 Å². The number of fused-ring (bicyclic) bond motifs is 1. The summed E-state index contributed by atoms with van der Waals surface area (Å²) in [5.41, 5.74) is 0. The van der Waals surface area contributed by atoms with Crippen LogP contribution in [0.2, 0.25) is 0 Å². The van der Waals surface area contributed by atoms with Gasteiger partial charge < -0.3 is 15.5 Å². The molecular formula is C17H31N3O. The minimum Gasteiger partial charge on any atom is -0.353 e. The molecule has 21 heavy (non-hydrogen) atoms. The van der Waals surface area contributed by atoms with E-state index in [2.05, 4.69) is 22.5 Å². The highest BCUT2D eigenvalue weighted by Gasteiger charge is 2.37. The third kappa shape index (κ3) is 3.98. The summed E-state index contributed by atoms with van der Waals surface area (Å²) in [6.07, 6.45) is 8.93. The number of nitrogens with one attached hydrogen (secondary N) is 2. The fraction of sp³-hybridized carbons (Fsp3) is 0.941. The minimum atomic E-state index is 0.0690. The first-order valence-electron chi connectivity index (χ1n) is 8.98. The van der Waals surface area contributed by atoms with Gasteiger partial charge in [-0.15, -0.1) is 0 Å². The van der Waals surface area contributed by atoms with Gasteiger partial charge in [0.1, 0.15) is 0 Å².